The van der Waals surface area contributed by atoms with E-state index in [1.54, 1.807) is 23.5 Å². The summed E-state index contributed by atoms with van der Waals surface area (Å²) < 4.78 is 5.21. The number of amidine groups is 1. The van der Waals surface area contributed by atoms with E-state index in [0.717, 1.165) is 36.0 Å². The third kappa shape index (κ3) is 2.69. The van der Waals surface area contributed by atoms with Gasteiger partial charge < -0.3 is 4.74 Å². The highest BCUT2D eigenvalue weighted by molar-refractivity contribution is 7.13. The molecular weight excluding hydrogens is 270 g/mol. The first kappa shape index (κ1) is 13.1. The molecule has 0 amide bonds. The summed E-state index contributed by atoms with van der Waals surface area (Å²) in [7, 11) is 1.70. The standard InChI is InChI=1S/C15H17N3OS/c1-19-14-7-6-13(20-14)10-11-2-4-12(5-3-11)15-17-8-9-18(15)16/h2-7H,8-10,16H2,1H3. The lowest BCUT2D eigenvalue weighted by atomic mass is 10.1. The molecule has 0 bridgehead atoms. The lowest BCUT2D eigenvalue weighted by molar-refractivity contribution is 0.427. The molecule has 4 nitrogen and oxygen atoms in total. The molecule has 1 aliphatic rings. The first-order chi connectivity index (χ1) is 9.76. The molecule has 0 saturated heterocycles. The molecule has 5 heteroatoms. The fourth-order valence-electron chi connectivity index (χ4n) is 2.25. The van der Waals surface area contributed by atoms with Gasteiger partial charge in [-0.1, -0.05) is 24.3 Å². The molecule has 1 aromatic carbocycles. The number of benzene rings is 1. The van der Waals surface area contributed by atoms with Crippen molar-refractivity contribution < 1.29 is 4.74 Å². The predicted octanol–water partition coefficient (Wildman–Crippen LogP) is 2.28. The van der Waals surface area contributed by atoms with E-state index in [4.69, 9.17) is 10.6 Å². The molecular formula is C15H17N3OS. The Morgan fingerprint density at radius 2 is 2.05 bits per heavy atom. The summed E-state index contributed by atoms with van der Waals surface area (Å²) in [5, 5.41) is 2.66. The van der Waals surface area contributed by atoms with Crippen molar-refractivity contribution in [3.05, 3.63) is 52.4 Å². The topological polar surface area (TPSA) is 50.8 Å². The zero-order valence-corrected chi connectivity index (χ0v) is 12.2. The monoisotopic (exact) mass is 287 g/mol. The number of nitrogens with two attached hydrogens (primary N) is 1. The van der Waals surface area contributed by atoms with E-state index < -0.39 is 0 Å². The Bertz CT molecular complexity index is 618. The zero-order chi connectivity index (χ0) is 13.9. The van der Waals surface area contributed by atoms with Gasteiger partial charge in [-0.3, -0.25) is 10.0 Å². The normalized spacial score (nSPS) is 14.5. The molecule has 2 heterocycles. The maximum absolute atomic E-state index is 5.88. The minimum absolute atomic E-state index is 0.780. The Morgan fingerprint density at radius 3 is 2.65 bits per heavy atom. The average molecular weight is 287 g/mol. The Hall–Kier alpha value is -1.85. The summed E-state index contributed by atoms with van der Waals surface area (Å²) in [4.78, 5) is 5.72. The Morgan fingerprint density at radius 1 is 1.25 bits per heavy atom. The molecule has 104 valence electrons. The second kappa shape index (κ2) is 5.64. The molecule has 3 rings (SSSR count). The molecule has 0 aliphatic carbocycles. The molecule has 1 aliphatic heterocycles. The van der Waals surface area contributed by atoms with E-state index >= 15 is 0 Å². The second-order valence-corrected chi connectivity index (χ2v) is 5.83. The van der Waals surface area contributed by atoms with Crippen LogP contribution in [0.3, 0.4) is 0 Å². The molecule has 2 N–H and O–H groups in total. The van der Waals surface area contributed by atoms with Crippen LogP contribution < -0.4 is 10.6 Å². The third-order valence-corrected chi connectivity index (χ3v) is 4.35. The maximum atomic E-state index is 5.88. The fraction of sp³-hybridized carbons (Fsp3) is 0.267. The van der Waals surface area contributed by atoms with Gasteiger partial charge in [0, 0.05) is 16.9 Å². The van der Waals surface area contributed by atoms with Gasteiger partial charge in [0.25, 0.3) is 0 Å². The molecule has 0 saturated carbocycles. The molecule has 0 spiro atoms. The number of nitrogens with zero attached hydrogens (tertiary/aromatic N) is 2. The summed E-state index contributed by atoms with van der Waals surface area (Å²) in [6.07, 6.45) is 0.924. The smallest absolute Gasteiger partial charge is 0.173 e. The van der Waals surface area contributed by atoms with Crippen molar-refractivity contribution in [1.82, 2.24) is 5.01 Å². The first-order valence-corrected chi connectivity index (χ1v) is 7.36. The van der Waals surface area contributed by atoms with Crippen LogP contribution in [-0.2, 0) is 6.42 Å². The van der Waals surface area contributed by atoms with Gasteiger partial charge >= 0.3 is 0 Å². The van der Waals surface area contributed by atoms with Crippen LogP contribution in [0.5, 0.6) is 5.06 Å². The second-order valence-electron chi connectivity index (χ2n) is 4.70. The fourth-order valence-corrected chi connectivity index (χ4v) is 3.11. The summed E-state index contributed by atoms with van der Waals surface area (Å²) in [5.41, 5.74) is 2.36. The molecule has 0 radical (unpaired) electrons. The van der Waals surface area contributed by atoms with E-state index in [9.17, 15) is 0 Å². The van der Waals surface area contributed by atoms with Gasteiger partial charge in [-0.2, -0.15) is 0 Å². The molecule has 0 unspecified atom stereocenters. The molecule has 1 aromatic heterocycles. The van der Waals surface area contributed by atoms with Crippen molar-refractivity contribution in [3.8, 4) is 5.06 Å². The minimum atomic E-state index is 0.780. The van der Waals surface area contributed by atoms with Gasteiger partial charge in [-0.05, 0) is 17.7 Å². The number of methoxy groups -OCH3 is 1. The largest absolute Gasteiger partial charge is 0.487 e. The van der Waals surface area contributed by atoms with Crippen molar-refractivity contribution >= 4 is 17.2 Å². The van der Waals surface area contributed by atoms with Crippen molar-refractivity contribution in [1.29, 1.82) is 0 Å². The van der Waals surface area contributed by atoms with Crippen molar-refractivity contribution in [3.63, 3.8) is 0 Å². The summed E-state index contributed by atoms with van der Waals surface area (Å²) in [6.45, 7) is 1.58. The van der Waals surface area contributed by atoms with Crippen LogP contribution in [0, 0.1) is 0 Å². The first-order valence-electron chi connectivity index (χ1n) is 6.55. The van der Waals surface area contributed by atoms with E-state index in [1.807, 2.05) is 6.07 Å². The molecule has 0 fully saturated rings. The predicted molar refractivity (Wildman–Crippen MR) is 82.4 cm³/mol. The van der Waals surface area contributed by atoms with Crippen LogP contribution in [-0.4, -0.2) is 31.0 Å². The van der Waals surface area contributed by atoms with Crippen LogP contribution in [0.4, 0.5) is 0 Å². The third-order valence-electron chi connectivity index (χ3n) is 3.30. The van der Waals surface area contributed by atoms with Crippen LogP contribution >= 0.6 is 11.3 Å². The summed E-state index contributed by atoms with van der Waals surface area (Å²) in [6, 6.07) is 12.6. The summed E-state index contributed by atoms with van der Waals surface area (Å²) >= 11 is 1.68. The molecule has 2 aromatic rings. The van der Waals surface area contributed by atoms with Gasteiger partial charge in [0.15, 0.2) is 5.06 Å². The Balaban J connectivity index is 1.73. The van der Waals surface area contributed by atoms with E-state index in [2.05, 4.69) is 35.3 Å². The zero-order valence-electron chi connectivity index (χ0n) is 11.4. The highest BCUT2D eigenvalue weighted by atomic mass is 32.1. The number of hydrazine groups is 1. The van der Waals surface area contributed by atoms with E-state index in [1.165, 1.54) is 10.4 Å². The highest BCUT2D eigenvalue weighted by Gasteiger charge is 2.14. The average Bonchev–Trinajstić information content (AvgIpc) is 3.09. The van der Waals surface area contributed by atoms with Gasteiger partial charge in [0.2, 0.25) is 0 Å². The van der Waals surface area contributed by atoms with Crippen LogP contribution in [0.15, 0.2) is 41.4 Å². The van der Waals surface area contributed by atoms with Gasteiger partial charge in [-0.25, -0.2) is 5.84 Å². The highest BCUT2D eigenvalue weighted by Crippen LogP contribution is 2.26. The van der Waals surface area contributed by atoms with Gasteiger partial charge in [0.1, 0.15) is 5.84 Å². The SMILES string of the molecule is COc1ccc(Cc2ccc(C3=NCCN3N)cc2)s1. The number of hydrogen-bond acceptors (Lipinski definition) is 5. The Labute approximate surface area is 122 Å². The number of rotatable bonds is 4. The number of ether oxygens (including phenoxy) is 1. The minimum Gasteiger partial charge on any atom is -0.487 e. The van der Waals surface area contributed by atoms with Gasteiger partial charge in [-0.15, -0.1) is 11.3 Å². The van der Waals surface area contributed by atoms with Gasteiger partial charge in [0.05, 0.1) is 20.2 Å². The number of thiophene rings is 1. The summed E-state index contributed by atoms with van der Waals surface area (Å²) in [5.74, 6) is 6.76. The van der Waals surface area contributed by atoms with Crippen molar-refractivity contribution in [2.75, 3.05) is 20.2 Å². The van der Waals surface area contributed by atoms with Crippen LogP contribution in [0.2, 0.25) is 0 Å². The van der Waals surface area contributed by atoms with Crippen molar-refractivity contribution in [2.45, 2.75) is 6.42 Å². The molecule has 0 atom stereocenters. The van der Waals surface area contributed by atoms with Crippen molar-refractivity contribution in [2.24, 2.45) is 10.8 Å². The number of hydrogen-bond donors (Lipinski definition) is 1. The number of aliphatic imine (C=N–C) groups is 1. The van der Waals surface area contributed by atoms with Crippen LogP contribution in [0.25, 0.3) is 0 Å². The molecule has 20 heavy (non-hydrogen) atoms. The lowest BCUT2D eigenvalue weighted by Gasteiger charge is -2.13. The Kier molecular flexibility index (Phi) is 3.71. The lowest BCUT2D eigenvalue weighted by Crippen LogP contribution is -2.34. The van der Waals surface area contributed by atoms with E-state index in [0.29, 0.717) is 0 Å². The quantitative estimate of drug-likeness (QED) is 0.878. The van der Waals surface area contributed by atoms with E-state index in [-0.39, 0.29) is 0 Å². The van der Waals surface area contributed by atoms with Crippen LogP contribution in [0.1, 0.15) is 16.0 Å². The maximum Gasteiger partial charge on any atom is 0.173 e.